The van der Waals surface area contributed by atoms with Gasteiger partial charge in [-0.25, -0.2) is 4.39 Å². The van der Waals surface area contributed by atoms with Gasteiger partial charge in [-0.15, -0.1) is 0 Å². The molecule has 6 heteroatoms. The Kier molecular flexibility index (Phi) is 4.36. The standard InChI is InChI=1S/C13H11ClFIN2O/c1-19-13-6-12(8(15)5-10(13)17)18-11-3-2-7(14)4-9(11)16/h2-6,18H,17H2,1H3. The quantitative estimate of drug-likeness (QED) is 0.600. The zero-order chi connectivity index (χ0) is 14.0. The number of nitrogen functional groups attached to an aromatic ring is 1. The van der Waals surface area contributed by atoms with Crippen LogP contribution in [0.3, 0.4) is 0 Å². The molecule has 3 nitrogen and oxygen atoms in total. The lowest BCUT2D eigenvalue weighted by atomic mass is 10.2. The minimum absolute atomic E-state index is 0.261. The van der Waals surface area contributed by atoms with Gasteiger partial charge in [0, 0.05) is 20.7 Å². The molecule has 0 spiro atoms. The molecule has 0 saturated carbocycles. The van der Waals surface area contributed by atoms with Crippen LogP contribution in [0.15, 0.2) is 30.3 Å². The Morgan fingerprint density at radius 3 is 2.63 bits per heavy atom. The van der Waals surface area contributed by atoms with Crippen LogP contribution >= 0.6 is 34.2 Å². The Hall–Kier alpha value is -1.21. The van der Waals surface area contributed by atoms with Gasteiger partial charge in [-0.3, -0.25) is 0 Å². The van der Waals surface area contributed by atoms with Gasteiger partial charge in [0.1, 0.15) is 11.6 Å². The molecule has 19 heavy (non-hydrogen) atoms. The molecular formula is C13H11ClFIN2O. The number of methoxy groups -OCH3 is 1. The van der Waals surface area contributed by atoms with Crippen molar-refractivity contribution in [3.8, 4) is 5.75 Å². The van der Waals surface area contributed by atoms with Crippen LogP contribution in [0, 0.1) is 9.39 Å². The van der Waals surface area contributed by atoms with Gasteiger partial charge >= 0.3 is 0 Å². The third-order valence-electron chi connectivity index (χ3n) is 2.52. The number of nitrogens with two attached hydrogens (primary N) is 1. The van der Waals surface area contributed by atoms with Crippen LogP contribution < -0.4 is 15.8 Å². The second-order valence-electron chi connectivity index (χ2n) is 3.82. The molecule has 0 bridgehead atoms. The fourth-order valence-electron chi connectivity index (χ4n) is 1.58. The molecule has 0 unspecified atom stereocenters. The van der Waals surface area contributed by atoms with Crippen LogP contribution in [0.4, 0.5) is 21.5 Å². The van der Waals surface area contributed by atoms with E-state index in [4.69, 9.17) is 22.1 Å². The topological polar surface area (TPSA) is 47.3 Å². The summed E-state index contributed by atoms with van der Waals surface area (Å²) >= 11 is 8.00. The number of hydrogen-bond donors (Lipinski definition) is 2. The van der Waals surface area contributed by atoms with Crippen molar-refractivity contribution in [2.75, 3.05) is 18.2 Å². The Balaban J connectivity index is 2.37. The van der Waals surface area contributed by atoms with Gasteiger partial charge < -0.3 is 15.8 Å². The summed E-state index contributed by atoms with van der Waals surface area (Å²) in [7, 11) is 1.49. The molecular weight excluding hydrogens is 382 g/mol. The summed E-state index contributed by atoms with van der Waals surface area (Å²) in [5.74, 6) is -0.0167. The van der Waals surface area contributed by atoms with Crippen LogP contribution in [0.2, 0.25) is 5.02 Å². The van der Waals surface area contributed by atoms with Gasteiger partial charge in [-0.2, -0.15) is 0 Å². The van der Waals surface area contributed by atoms with E-state index in [2.05, 4.69) is 27.9 Å². The molecule has 0 aliphatic rings. The van der Waals surface area contributed by atoms with Crippen LogP contribution in [0.5, 0.6) is 5.75 Å². The van der Waals surface area contributed by atoms with Crippen molar-refractivity contribution in [3.63, 3.8) is 0 Å². The fourth-order valence-corrected chi connectivity index (χ4v) is 2.58. The molecule has 0 saturated heterocycles. The number of benzene rings is 2. The normalized spacial score (nSPS) is 10.3. The van der Waals surface area contributed by atoms with E-state index in [1.165, 1.54) is 19.2 Å². The highest BCUT2D eigenvalue weighted by molar-refractivity contribution is 14.1. The van der Waals surface area contributed by atoms with E-state index in [0.29, 0.717) is 16.5 Å². The predicted molar refractivity (Wildman–Crippen MR) is 84.8 cm³/mol. The van der Waals surface area contributed by atoms with Crippen LogP contribution in [-0.4, -0.2) is 7.11 Å². The number of nitrogens with one attached hydrogen (secondary N) is 1. The monoisotopic (exact) mass is 392 g/mol. The van der Waals surface area contributed by atoms with E-state index in [-0.39, 0.29) is 5.69 Å². The summed E-state index contributed by atoms with van der Waals surface area (Å²) in [6, 6.07) is 8.06. The first-order valence-corrected chi connectivity index (χ1v) is 6.82. The average molecular weight is 393 g/mol. The van der Waals surface area contributed by atoms with Crippen LogP contribution in [0.1, 0.15) is 0 Å². The van der Waals surface area contributed by atoms with E-state index in [9.17, 15) is 4.39 Å². The summed E-state index contributed by atoms with van der Waals surface area (Å²) in [4.78, 5) is 0. The molecule has 2 rings (SSSR count). The first-order valence-electron chi connectivity index (χ1n) is 5.36. The van der Waals surface area contributed by atoms with Gasteiger partial charge in [0.05, 0.1) is 24.2 Å². The molecule has 2 aromatic rings. The average Bonchev–Trinajstić information content (AvgIpc) is 2.35. The maximum Gasteiger partial charge on any atom is 0.148 e. The molecule has 0 heterocycles. The van der Waals surface area contributed by atoms with E-state index < -0.39 is 5.82 Å². The van der Waals surface area contributed by atoms with Gasteiger partial charge in [-0.05, 0) is 40.8 Å². The van der Waals surface area contributed by atoms with Crippen molar-refractivity contribution in [1.29, 1.82) is 0 Å². The number of halogens is 3. The minimum Gasteiger partial charge on any atom is -0.495 e. The van der Waals surface area contributed by atoms with Crippen molar-refractivity contribution in [2.45, 2.75) is 0 Å². The number of rotatable bonds is 3. The Morgan fingerprint density at radius 1 is 1.26 bits per heavy atom. The Labute approximate surface area is 129 Å². The first-order chi connectivity index (χ1) is 9.01. The maximum atomic E-state index is 13.8. The lowest BCUT2D eigenvalue weighted by Gasteiger charge is -2.12. The van der Waals surface area contributed by atoms with E-state index in [1.54, 1.807) is 18.2 Å². The highest BCUT2D eigenvalue weighted by atomic mass is 127. The Morgan fingerprint density at radius 2 is 2.00 bits per heavy atom. The van der Waals surface area contributed by atoms with Crippen molar-refractivity contribution in [3.05, 3.63) is 44.7 Å². The molecule has 100 valence electrons. The lowest BCUT2D eigenvalue weighted by Crippen LogP contribution is -1.99. The Bertz CT molecular complexity index is 622. The molecule has 3 N–H and O–H groups in total. The first kappa shape index (κ1) is 14.2. The SMILES string of the molecule is COc1cc(Nc2ccc(Cl)cc2I)c(F)cc1N. The molecule has 0 aliphatic carbocycles. The van der Waals surface area contributed by atoms with Gasteiger partial charge in [-0.1, -0.05) is 11.6 Å². The highest BCUT2D eigenvalue weighted by Crippen LogP contribution is 2.32. The summed E-state index contributed by atoms with van der Waals surface area (Å²) in [5, 5.41) is 3.62. The molecule has 0 amide bonds. The molecule has 0 aliphatic heterocycles. The number of ether oxygens (including phenoxy) is 1. The second-order valence-corrected chi connectivity index (χ2v) is 5.42. The van der Waals surface area contributed by atoms with Crippen molar-refractivity contribution < 1.29 is 9.13 Å². The van der Waals surface area contributed by atoms with Crippen molar-refractivity contribution in [1.82, 2.24) is 0 Å². The summed E-state index contributed by atoms with van der Waals surface area (Å²) in [6.07, 6.45) is 0. The fraction of sp³-hybridized carbons (Fsp3) is 0.0769. The molecule has 2 aromatic carbocycles. The van der Waals surface area contributed by atoms with Crippen molar-refractivity contribution >= 4 is 51.3 Å². The molecule has 0 fully saturated rings. The smallest absolute Gasteiger partial charge is 0.148 e. The third kappa shape index (κ3) is 3.22. The minimum atomic E-state index is -0.441. The lowest BCUT2D eigenvalue weighted by molar-refractivity contribution is 0.416. The zero-order valence-corrected chi connectivity index (χ0v) is 12.9. The van der Waals surface area contributed by atoms with Crippen molar-refractivity contribution in [2.24, 2.45) is 0 Å². The van der Waals surface area contributed by atoms with Crippen LogP contribution in [-0.2, 0) is 0 Å². The third-order valence-corrected chi connectivity index (χ3v) is 3.65. The highest BCUT2D eigenvalue weighted by Gasteiger charge is 2.10. The maximum absolute atomic E-state index is 13.8. The zero-order valence-electron chi connectivity index (χ0n) is 10.0. The molecule has 0 aromatic heterocycles. The van der Waals surface area contributed by atoms with E-state index >= 15 is 0 Å². The number of anilines is 3. The van der Waals surface area contributed by atoms with E-state index in [0.717, 1.165) is 9.26 Å². The summed E-state index contributed by atoms with van der Waals surface area (Å²) in [6.45, 7) is 0. The molecule has 0 radical (unpaired) electrons. The van der Waals surface area contributed by atoms with Crippen LogP contribution in [0.25, 0.3) is 0 Å². The predicted octanol–water partition coefficient (Wildman–Crippen LogP) is 4.42. The second kappa shape index (κ2) is 5.83. The molecule has 0 atom stereocenters. The van der Waals surface area contributed by atoms with Gasteiger partial charge in [0.25, 0.3) is 0 Å². The largest absolute Gasteiger partial charge is 0.495 e. The number of hydrogen-bond acceptors (Lipinski definition) is 3. The van der Waals surface area contributed by atoms with E-state index in [1.807, 2.05) is 0 Å². The summed E-state index contributed by atoms with van der Waals surface area (Å²) < 4.78 is 19.8. The van der Waals surface area contributed by atoms with Gasteiger partial charge in [0.2, 0.25) is 0 Å². The summed E-state index contributed by atoms with van der Waals surface area (Å²) in [5.41, 5.74) is 6.95. The van der Waals surface area contributed by atoms with Gasteiger partial charge in [0.15, 0.2) is 0 Å².